The van der Waals surface area contributed by atoms with Gasteiger partial charge in [-0.05, 0) is 5.56 Å². The van der Waals surface area contributed by atoms with Gasteiger partial charge < -0.3 is 14.6 Å². The predicted molar refractivity (Wildman–Crippen MR) is 70.3 cm³/mol. The first kappa shape index (κ1) is 13.8. The Bertz CT molecular complexity index is 429. The molecular formula is C15H18O4. The highest BCUT2D eigenvalue weighted by atomic mass is 16.6. The van der Waals surface area contributed by atoms with Gasteiger partial charge in [-0.15, -0.1) is 6.58 Å². The summed E-state index contributed by atoms with van der Waals surface area (Å²) in [7, 11) is 0. The first-order valence-electron chi connectivity index (χ1n) is 6.32. The standard InChI is InChI=1S/C15H18O4/c1-2-12-8-14(17)19-15(12)13(16)10-18-9-11-6-4-3-5-7-11/h2-7,12-13,15-16H,1,8-10H2/t12-,13+,15+/m0/s1. The molecule has 4 heteroatoms. The van der Waals surface area contributed by atoms with Gasteiger partial charge in [0.2, 0.25) is 0 Å². The van der Waals surface area contributed by atoms with Crippen LogP contribution in [0.5, 0.6) is 0 Å². The number of benzene rings is 1. The SMILES string of the molecule is C=C[C@H]1CC(=O)O[C@H]1[C@H](O)COCc1ccccc1. The van der Waals surface area contributed by atoms with Crippen molar-refractivity contribution in [2.75, 3.05) is 6.61 Å². The monoisotopic (exact) mass is 262 g/mol. The lowest BCUT2D eigenvalue weighted by Gasteiger charge is -2.20. The molecule has 0 saturated carbocycles. The molecule has 2 rings (SSSR count). The molecule has 0 spiro atoms. The van der Waals surface area contributed by atoms with Gasteiger partial charge in [-0.2, -0.15) is 0 Å². The molecule has 0 aromatic heterocycles. The highest BCUT2D eigenvalue weighted by molar-refractivity contribution is 5.72. The molecule has 4 nitrogen and oxygen atoms in total. The number of aliphatic hydroxyl groups is 1. The number of carbonyl (C=O) groups excluding carboxylic acids is 1. The molecule has 0 unspecified atom stereocenters. The van der Waals surface area contributed by atoms with E-state index < -0.39 is 12.2 Å². The molecule has 1 aromatic carbocycles. The first-order chi connectivity index (χ1) is 9.20. The van der Waals surface area contributed by atoms with E-state index in [2.05, 4.69) is 6.58 Å². The molecule has 102 valence electrons. The summed E-state index contributed by atoms with van der Waals surface area (Å²) in [6, 6.07) is 9.71. The molecule has 1 saturated heterocycles. The summed E-state index contributed by atoms with van der Waals surface area (Å²) in [5, 5.41) is 10.00. The number of hydrogen-bond donors (Lipinski definition) is 1. The maximum Gasteiger partial charge on any atom is 0.306 e. The number of carbonyl (C=O) groups is 1. The summed E-state index contributed by atoms with van der Waals surface area (Å²) >= 11 is 0. The van der Waals surface area contributed by atoms with E-state index in [0.29, 0.717) is 6.61 Å². The average molecular weight is 262 g/mol. The molecule has 0 radical (unpaired) electrons. The number of hydrogen-bond acceptors (Lipinski definition) is 4. The lowest BCUT2D eigenvalue weighted by atomic mass is 9.98. The third-order valence-corrected chi connectivity index (χ3v) is 3.17. The van der Waals surface area contributed by atoms with Crippen molar-refractivity contribution >= 4 is 5.97 Å². The second-order valence-corrected chi connectivity index (χ2v) is 4.63. The highest BCUT2D eigenvalue weighted by Crippen LogP contribution is 2.25. The average Bonchev–Trinajstić information content (AvgIpc) is 2.81. The van der Waals surface area contributed by atoms with E-state index in [-0.39, 0.29) is 24.9 Å². The highest BCUT2D eigenvalue weighted by Gasteiger charge is 2.37. The molecule has 0 aliphatic carbocycles. The van der Waals surface area contributed by atoms with E-state index in [9.17, 15) is 9.90 Å². The minimum absolute atomic E-state index is 0.136. The van der Waals surface area contributed by atoms with Gasteiger partial charge in [0.15, 0.2) is 0 Å². The Morgan fingerprint density at radius 2 is 2.21 bits per heavy atom. The van der Waals surface area contributed by atoms with E-state index in [0.717, 1.165) is 5.56 Å². The second kappa shape index (κ2) is 6.50. The molecule has 3 atom stereocenters. The predicted octanol–water partition coefficient (Wildman–Crippen LogP) is 1.68. The van der Waals surface area contributed by atoms with Gasteiger partial charge in [-0.25, -0.2) is 0 Å². The maximum absolute atomic E-state index is 11.2. The van der Waals surface area contributed by atoms with Crippen molar-refractivity contribution in [1.82, 2.24) is 0 Å². The Balaban J connectivity index is 1.79. The summed E-state index contributed by atoms with van der Waals surface area (Å²) in [6.07, 6.45) is 0.568. The van der Waals surface area contributed by atoms with E-state index in [4.69, 9.17) is 9.47 Å². The Labute approximate surface area is 112 Å². The van der Waals surface area contributed by atoms with Crippen molar-refractivity contribution in [3.05, 3.63) is 48.6 Å². The van der Waals surface area contributed by atoms with Gasteiger partial charge in [0.05, 0.1) is 19.6 Å². The number of ether oxygens (including phenoxy) is 2. The van der Waals surface area contributed by atoms with Crippen molar-refractivity contribution in [3.8, 4) is 0 Å². The van der Waals surface area contributed by atoms with Crippen LogP contribution in [0.15, 0.2) is 43.0 Å². The molecule has 19 heavy (non-hydrogen) atoms. The smallest absolute Gasteiger partial charge is 0.306 e. The van der Waals surface area contributed by atoms with Crippen LogP contribution >= 0.6 is 0 Å². The molecule has 1 N–H and O–H groups in total. The minimum atomic E-state index is -0.821. The van der Waals surface area contributed by atoms with Crippen molar-refractivity contribution in [1.29, 1.82) is 0 Å². The van der Waals surface area contributed by atoms with Crippen LogP contribution < -0.4 is 0 Å². The Kier molecular flexibility index (Phi) is 4.71. The minimum Gasteiger partial charge on any atom is -0.459 e. The van der Waals surface area contributed by atoms with Gasteiger partial charge in [-0.3, -0.25) is 4.79 Å². The summed E-state index contributed by atoms with van der Waals surface area (Å²) in [5.74, 6) is -0.431. The molecule has 1 fully saturated rings. The number of aliphatic hydroxyl groups excluding tert-OH is 1. The van der Waals surface area contributed by atoms with Crippen molar-refractivity contribution in [2.24, 2.45) is 5.92 Å². The Morgan fingerprint density at radius 3 is 2.89 bits per heavy atom. The normalized spacial score (nSPS) is 23.9. The van der Waals surface area contributed by atoms with Crippen LogP contribution in [0.25, 0.3) is 0 Å². The molecule has 0 amide bonds. The molecule has 1 aliphatic rings. The van der Waals surface area contributed by atoms with E-state index >= 15 is 0 Å². The molecule has 0 bridgehead atoms. The van der Waals surface area contributed by atoms with Crippen LogP contribution in [0.3, 0.4) is 0 Å². The number of rotatable bonds is 6. The van der Waals surface area contributed by atoms with Gasteiger partial charge in [0.25, 0.3) is 0 Å². The lowest BCUT2D eigenvalue weighted by Crippen LogP contribution is -2.34. The van der Waals surface area contributed by atoms with E-state index in [1.54, 1.807) is 6.08 Å². The zero-order valence-electron chi connectivity index (χ0n) is 10.7. The Hall–Kier alpha value is -1.65. The fraction of sp³-hybridized carbons (Fsp3) is 0.400. The summed E-state index contributed by atoms with van der Waals surface area (Å²) < 4.78 is 10.5. The van der Waals surface area contributed by atoms with Gasteiger partial charge >= 0.3 is 5.97 Å². The zero-order chi connectivity index (χ0) is 13.7. The topological polar surface area (TPSA) is 55.8 Å². The van der Waals surface area contributed by atoms with Gasteiger partial charge in [-0.1, -0.05) is 36.4 Å². The van der Waals surface area contributed by atoms with Crippen molar-refractivity contribution < 1.29 is 19.4 Å². The van der Waals surface area contributed by atoms with E-state index in [1.807, 2.05) is 30.3 Å². The number of cyclic esters (lactones) is 1. The first-order valence-corrected chi connectivity index (χ1v) is 6.32. The van der Waals surface area contributed by atoms with E-state index in [1.165, 1.54) is 0 Å². The van der Waals surface area contributed by atoms with Crippen LogP contribution in [0, 0.1) is 5.92 Å². The van der Waals surface area contributed by atoms with Crippen LogP contribution in [0.2, 0.25) is 0 Å². The van der Waals surface area contributed by atoms with Gasteiger partial charge in [0.1, 0.15) is 12.2 Å². The number of esters is 1. The quantitative estimate of drug-likeness (QED) is 0.626. The largest absolute Gasteiger partial charge is 0.459 e. The van der Waals surface area contributed by atoms with Crippen LogP contribution in [0.4, 0.5) is 0 Å². The van der Waals surface area contributed by atoms with Crippen molar-refractivity contribution in [2.45, 2.75) is 25.2 Å². The molecule has 1 heterocycles. The zero-order valence-corrected chi connectivity index (χ0v) is 10.7. The fourth-order valence-electron chi connectivity index (χ4n) is 2.14. The van der Waals surface area contributed by atoms with Crippen LogP contribution in [-0.4, -0.2) is 29.9 Å². The van der Waals surface area contributed by atoms with Crippen molar-refractivity contribution in [3.63, 3.8) is 0 Å². The third-order valence-electron chi connectivity index (χ3n) is 3.17. The van der Waals surface area contributed by atoms with Gasteiger partial charge in [0, 0.05) is 5.92 Å². The molecule has 1 aromatic rings. The second-order valence-electron chi connectivity index (χ2n) is 4.63. The lowest BCUT2D eigenvalue weighted by molar-refractivity contribution is -0.147. The van der Waals surface area contributed by atoms with Crippen LogP contribution in [0.1, 0.15) is 12.0 Å². The maximum atomic E-state index is 11.2. The molecular weight excluding hydrogens is 244 g/mol. The summed E-state index contributed by atoms with van der Waals surface area (Å²) in [4.78, 5) is 11.2. The van der Waals surface area contributed by atoms with Crippen LogP contribution in [-0.2, 0) is 20.9 Å². The summed E-state index contributed by atoms with van der Waals surface area (Å²) in [6.45, 7) is 4.22. The third kappa shape index (κ3) is 3.66. The molecule has 1 aliphatic heterocycles. The Morgan fingerprint density at radius 1 is 1.47 bits per heavy atom. The fourth-order valence-corrected chi connectivity index (χ4v) is 2.14. The summed E-state index contributed by atoms with van der Waals surface area (Å²) in [5.41, 5.74) is 1.04.